The van der Waals surface area contributed by atoms with Crippen molar-refractivity contribution in [2.45, 2.75) is 6.92 Å². The van der Waals surface area contributed by atoms with E-state index in [1.807, 2.05) is 6.07 Å². The fourth-order valence-electron chi connectivity index (χ4n) is 1.52. The van der Waals surface area contributed by atoms with Crippen molar-refractivity contribution in [2.75, 3.05) is 5.32 Å². The van der Waals surface area contributed by atoms with Crippen LogP contribution in [-0.2, 0) is 0 Å². The van der Waals surface area contributed by atoms with E-state index in [4.69, 9.17) is 5.26 Å². The molecule has 1 heterocycles. The van der Waals surface area contributed by atoms with E-state index in [1.165, 1.54) is 17.4 Å². The Balaban J connectivity index is 2.32. The molecule has 7 heteroatoms. The highest BCUT2D eigenvalue weighted by Crippen LogP contribution is 2.33. The Kier molecular flexibility index (Phi) is 4.58. The first-order chi connectivity index (χ1) is 9.42. The minimum atomic E-state index is -0.520. The van der Waals surface area contributed by atoms with Gasteiger partial charge in [-0.15, -0.1) is 11.3 Å². The number of carbonyl (C=O) groups is 1. The molecule has 2 aromatic rings. The van der Waals surface area contributed by atoms with E-state index in [9.17, 15) is 9.18 Å². The highest BCUT2D eigenvalue weighted by Gasteiger charge is 2.15. The van der Waals surface area contributed by atoms with Gasteiger partial charge >= 0.3 is 0 Å². The Bertz CT molecular complexity index is 717. The molecule has 0 saturated heterocycles. The number of thiophene rings is 1. The number of hydrogen-bond donors (Lipinski definition) is 1. The summed E-state index contributed by atoms with van der Waals surface area (Å²) in [5.41, 5.74) is 0.760. The zero-order chi connectivity index (χ0) is 14.9. The molecule has 0 saturated carbocycles. The van der Waals surface area contributed by atoms with E-state index >= 15 is 0 Å². The highest BCUT2D eigenvalue weighted by atomic mass is 79.9. The second-order valence-corrected chi connectivity index (χ2v) is 7.15. The molecule has 0 aliphatic heterocycles. The maximum absolute atomic E-state index is 13.6. The molecule has 0 radical (unpaired) electrons. The summed E-state index contributed by atoms with van der Waals surface area (Å²) in [4.78, 5) is 12.6. The van der Waals surface area contributed by atoms with Crippen molar-refractivity contribution >= 4 is 54.8 Å². The van der Waals surface area contributed by atoms with E-state index < -0.39 is 5.82 Å². The Labute approximate surface area is 135 Å². The van der Waals surface area contributed by atoms with Crippen molar-refractivity contribution in [3.63, 3.8) is 0 Å². The Morgan fingerprint density at radius 2 is 2.10 bits per heavy atom. The molecule has 1 aromatic carbocycles. The van der Waals surface area contributed by atoms with Gasteiger partial charge in [0.1, 0.15) is 5.82 Å². The molecule has 0 fully saturated rings. The molecule has 1 N–H and O–H groups in total. The van der Waals surface area contributed by atoms with Gasteiger partial charge in [-0.3, -0.25) is 4.79 Å². The second kappa shape index (κ2) is 6.04. The number of hydrogen-bond acceptors (Lipinski definition) is 3. The number of nitrogens with zero attached hydrogens (tertiary/aromatic N) is 1. The summed E-state index contributed by atoms with van der Waals surface area (Å²) in [5.74, 6) is -0.869. The van der Waals surface area contributed by atoms with Gasteiger partial charge in [0.25, 0.3) is 5.91 Å². The number of benzene rings is 1. The molecule has 1 aromatic heterocycles. The molecular weight excluding hydrogens is 411 g/mol. The number of halogens is 3. The predicted octanol–water partition coefficient (Wildman–Crippen LogP) is 4.84. The van der Waals surface area contributed by atoms with E-state index in [2.05, 4.69) is 37.2 Å². The lowest BCUT2D eigenvalue weighted by molar-refractivity contribution is 0.103. The first-order valence-electron chi connectivity index (χ1n) is 5.38. The molecule has 0 aliphatic rings. The maximum Gasteiger partial charge on any atom is 0.265 e. The average Bonchev–Trinajstić information content (AvgIpc) is 2.75. The normalized spacial score (nSPS) is 10.2. The number of nitrogens with one attached hydrogen (secondary N) is 1. The lowest BCUT2D eigenvalue weighted by Crippen LogP contribution is -2.12. The van der Waals surface area contributed by atoms with Crippen LogP contribution < -0.4 is 5.32 Å². The van der Waals surface area contributed by atoms with Gasteiger partial charge in [-0.05, 0) is 57.0 Å². The fraction of sp³-hybridized carbons (Fsp3) is 0.0769. The summed E-state index contributed by atoms with van der Waals surface area (Å²) < 4.78 is 15.2. The fourth-order valence-corrected chi connectivity index (χ4v) is 3.45. The molecular formula is C13H7Br2FN2OS. The molecule has 3 nitrogen and oxygen atoms in total. The number of anilines is 1. The van der Waals surface area contributed by atoms with Crippen LogP contribution in [0, 0.1) is 24.1 Å². The smallest absolute Gasteiger partial charge is 0.265 e. The quantitative estimate of drug-likeness (QED) is 0.759. The summed E-state index contributed by atoms with van der Waals surface area (Å²) in [5, 5.41) is 11.4. The molecule has 2 rings (SSSR count). The van der Waals surface area contributed by atoms with E-state index in [1.54, 1.807) is 13.0 Å². The van der Waals surface area contributed by atoms with Crippen molar-refractivity contribution in [1.29, 1.82) is 5.26 Å². The van der Waals surface area contributed by atoms with Crippen molar-refractivity contribution in [1.82, 2.24) is 0 Å². The molecule has 1 amide bonds. The van der Waals surface area contributed by atoms with Gasteiger partial charge < -0.3 is 5.32 Å². The number of nitriles is 1. The monoisotopic (exact) mass is 416 g/mol. The summed E-state index contributed by atoms with van der Waals surface area (Å²) in [6.07, 6.45) is 0. The van der Waals surface area contributed by atoms with Crippen molar-refractivity contribution in [3.8, 4) is 6.07 Å². The zero-order valence-corrected chi connectivity index (χ0v) is 14.1. The summed E-state index contributed by atoms with van der Waals surface area (Å²) in [6, 6.07) is 6.12. The minimum Gasteiger partial charge on any atom is -0.321 e. The third kappa shape index (κ3) is 3.08. The standard InChI is InChI=1S/C13H7Br2FN2OS/c1-6-9(16)2-7(5-17)3-10(6)18-13(19)11-4-8(14)12(15)20-11/h2-4H,1H3,(H,18,19). The molecule has 0 spiro atoms. The lowest BCUT2D eigenvalue weighted by atomic mass is 10.1. The van der Waals surface area contributed by atoms with E-state index in [-0.39, 0.29) is 11.5 Å². The van der Waals surface area contributed by atoms with Crippen LogP contribution in [0.15, 0.2) is 26.5 Å². The van der Waals surface area contributed by atoms with E-state index in [0.29, 0.717) is 16.1 Å². The van der Waals surface area contributed by atoms with Crippen LogP contribution in [0.1, 0.15) is 20.8 Å². The lowest BCUT2D eigenvalue weighted by Gasteiger charge is -2.08. The van der Waals surface area contributed by atoms with Crippen LogP contribution in [0.5, 0.6) is 0 Å². The van der Waals surface area contributed by atoms with Gasteiger partial charge in [0.05, 0.1) is 20.3 Å². The van der Waals surface area contributed by atoms with Gasteiger partial charge in [-0.1, -0.05) is 0 Å². The third-order valence-corrected chi connectivity index (χ3v) is 5.85. The Morgan fingerprint density at radius 3 is 2.65 bits per heavy atom. The van der Waals surface area contributed by atoms with Crippen LogP contribution in [0.3, 0.4) is 0 Å². The van der Waals surface area contributed by atoms with E-state index in [0.717, 1.165) is 14.3 Å². The molecule has 20 heavy (non-hydrogen) atoms. The summed E-state index contributed by atoms with van der Waals surface area (Å²) in [7, 11) is 0. The highest BCUT2D eigenvalue weighted by molar-refractivity contribution is 9.13. The first-order valence-corrected chi connectivity index (χ1v) is 7.79. The summed E-state index contributed by atoms with van der Waals surface area (Å²) >= 11 is 7.87. The van der Waals surface area contributed by atoms with Gasteiger partial charge in [-0.2, -0.15) is 5.26 Å². The van der Waals surface area contributed by atoms with Crippen LogP contribution in [0.4, 0.5) is 10.1 Å². The average molecular weight is 418 g/mol. The van der Waals surface area contributed by atoms with Crippen molar-refractivity contribution < 1.29 is 9.18 Å². The van der Waals surface area contributed by atoms with Crippen molar-refractivity contribution in [3.05, 3.63) is 48.3 Å². The second-order valence-electron chi connectivity index (χ2n) is 3.93. The molecule has 0 atom stereocenters. The molecule has 0 bridgehead atoms. The first kappa shape index (κ1) is 15.2. The van der Waals surface area contributed by atoms with Gasteiger partial charge in [0.15, 0.2) is 0 Å². The van der Waals surface area contributed by atoms with Crippen LogP contribution >= 0.6 is 43.2 Å². The number of carbonyl (C=O) groups excluding carboxylic acids is 1. The number of amides is 1. The van der Waals surface area contributed by atoms with Crippen LogP contribution in [0.2, 0.25) is 0 Å². The maximum atomic E-state index is 13.6. The van der Waals surface area contributed by atoms with Gasteiger partial charge in [0.2, 0.25) is 0 Å². The molecule has 102 valence electrons. The summed E-state index contributed by atoms with van der Waals surface area (Å²) in [6.45, 7) is 1.55. The molecule has 0 unspecified atom stereocenters. The zero-order valence-electron chi connectivity index (χ0n) is 10.1. The number of rotatable bonds is 2. The predicted molar refractivity (Wildman–Crippen MR) is 83.5 cm³/mol. The Hall–Kier alpha value is -1.23. The minimum absolute atomic E-state index is 0.164. The van der Waals surface area contributed by atoms with Gasteiger partial charge in [0, 0.05) is 15.7 Å². The Morgan fingerprint density at radius 1 is 1.40 bits per heavy atom. The van der Waals surface area contributed by atoms with Crippen LogP contribution in [0.25, 0.3) is 0 Å². The largest absolute Gasteiger partial charge is 0.321 e. The van der Waals surface area contributed by atoms with Crippen LogP contribution in [-0.4, -0.2) is 5.91 Å². The third-order valence-electron chi connectivity index (χ3n) is 2.59. The van der Waals surface area contributed by atoms with Crippen molar-refractivity contribution in [2.24, 2.45) is 0 Å². The van der Waals surface area contributed by atoms with Gasteiger partial charge in [-0.25, -0.2) is 4.39 Å². The molecule has 0 aliphatic carbocycles. The topological polar surface area (TPSA) is 52.9 Å². The SMILES string of the molecule is Cc1c(F)cc(C#N)cc1NC(=O)c1cc(Br)c(Br)s1.